The van der Waals surface area contributed by atoms with Crippen molar-refractivity contribution in [3.05, 3.63) is 54.6 Å². The van der Waals surface area contributed by atoms with Crippen molar-refractivity contribution < 1.29 is 31.1 Å². The molecule has 0 bridgehead atoms. The van der Waals surface area contributed by atoms with Gasteiger partial charge in [0, 0.05) is 24.0 Å². The SMILES string of the molecule is O=C(Nc1cccc(OC(F)(F)F)c1)C1CNNC1S(=O)(=O)Nc1ccccc1. The largest absolute Gasteiger partial charge is 0.573 e. The molecule has 2 atom stereocenters. The van der Waals surface area contributed by atoms with Gasteiger partial charge in [0.2, 0.25) is 5.91 Å². The number of sulfonamides is 1. The Morgan fingerprint density at radius 1 is 1.07 bits per heavy atom. The molecule has 3 rings (SSSR count). The number of amides is 1. The summed E-state index contributed by atoms with van der Waals surface area (Å²) in [5, 5.41) is 1.12. The van der Waals surface area contributed by atoms with Crippen LogP contribution in [0.25, 0.3) is 0 Å². The average molecular weight is 430 g/mol. The fourth-order valence-corrected chi connectivity index (χ4v) is 4.22. The van der Waals surface area contributed by atoms with E-state index in [1.54, 1.807) is 30.3 Å². The Morgan fingerprint density at radius 2 is 1.76 bits per heavy atom. The van der Waals surface area contributed by atoms with Crippen molar-refractivity contribution in [3.63, 3.8) is 0 Å². The molecular weight excluding hydrogens is 413 g/mol. The van der Waals surface area contributed by atoms with E-state index >= 15 is 0 Å². The van der Waals surface area contributed by atoms with E-state index in [4.69, 9.17) is 0 Å². The smallest absolute Gasteiger partial charge is 0.406 e. The first kappa shape index (κ1) is 20.9. The molecule has 2 unspecified atom stereocenters. The van der Waals surface area contributed by atoms with Gasteiger partial charge >= 0.3 is 6.36 Å². The highest BCUT2D eigenvalue weighted by Crippen LogP contribution is 2.26. The lowest BCUT2D eigenvalue weighted by Gasteiger charge is -2.19. The molecule has 0 radical (unpaired) electrons. The number of nitrogens with one attached hydrogen (secondary N) is 4. The number of halogens is 3. The van der Waals surface area contributed by atoms with E-state index in [1.165, 1.54) is 12.1 Å². The van der Waals surface area contributed by atoms with Crippen LogP contribution in [-0.2, 0) is 14.8 Å². The minimum atomic E-state index is -4.87. The van der Waals surface area contributed by atoms with Gasteiger partial charge in [0.25, 0.3) is 10.0 Å². The number of para-hydroxylation sites is 1. The van der Waals surface area contributed by atoms with Gasteiger partial charge in [-0.15, -0.1) is 13.2 Å². The number of carbonyl (C=O) groups is 1. The Kier molecular flexibility index (Phi) is 5.96. The number of alkyl halides is 3. The number of hydrazine groups is 1. The molecule has 156 valence electrons. The standard InChI is InChI=1S/C17H17F3N4O4S/c18-17(19,20)28-13-8-4-7-12(9-13)22-15(25)14-10-21-23-16(14)29(26,27)24-11-5-2-1-3-6-11/h1-9,14,16,21,23-24H,10H2,(H,22,25). The topological polar surface area (TPSA) is 109 Å². The zero-order valence-electron chi connectivity index (χ0n) is 14.7. The van der Waals surface area contributed by atoms with Gasteiger partial charge in [-0.05, 0) is 24.3 Å². The second kappa shape index (κ2) is 8.27. The van der Waals surface area contributed by atoms with E-state index in [2.05, 4.69) is 25.6 Å². The minimum Gasteiger partial charge on any atom is -0.406 e. The number of benzene rings is 2. The van der Waals surface area contributed by atoms with E-state index in [0.29, 0.717) is 5.69 Å². The maximum Gasteiger partial charge on any atom is 0.573 e. The first-order valence-electron chi connectivity index (χ1n) is 8.36. The van der Waals surface area contributed by atoms with Crippen LogP contribution in [0.15, 0.2) is 54.6 Å². The number of hydrogen-bond acceptors (Lipinski definition) is 6. The van der Waals surface area contributed by atoms with Gasteiger partial charge in [-0.1, -0.05) is 24.3 Å². The third-order valence-electron chi connectivity index (χ3n) is 3.97. The first-order chi connectivity index (χ1) is 13.6. The van der Waals surface area contributed by atoms with Crippen LogP contribution >= 0.6 is 0 Å². The van der Waals surface area contributed by atoms with Gasteiger partial charge in [-0.3, -0.25) is 14.9 Å². The maximum atomic E-state index is 12.6. The van der Waals surface area contributed by atoms with Crippen LogP contribution in [-0.4, -0.2) is 32.6 Å². The molecule has 1 aliphatic heterocycles. The molecule has 1 heterocycles. The van der Waals surface area contributed by atoms with Crippen LogP contribution in [0.2, 0.25) is 0 Å². The predicted molar refractivity (Wildman–Crippen MR) is 99.2 cm³/mol. The molecule has 0 aliphatic carbocycles. The molecule has 0 saturated carbocycles. The van der Waals surface area contributed by atoms with Crippen molar-refractivity contribution in [2.45, 2.75) is 11.7 Å². The van der Waals surface area contributed by atoms with Crippen molar-refractivity contribution in [3.8, 4) is 5.75 Å². The Balaban J connectivity index is 1.71. The van der Waals surface area contributed by atoms with Crippen LogP contribution in [0.5, 0.6) is 5.75 Å². The summed E-state index contributed by atoms with van der Waals surface area (Å²) in [7, 11) is -3.99. The highest BCUT2D eigenvalue weighted by Gasteiger charge is 2.42. The number of carbonyl (C=O) groups excluding carboxylic acids is 1. The van der Waals surface area contributed by atoms with Gasteiger partial charge in [0.1, 0.15) is 5.75 Å². The number of ether oxygens (including phenoxy) is 1. The van der Waals surface area contributed by atoms with Gasteiger partial charge in [0.05, 0.1) is 5.92 Å². The lowest BCUT2D eigenvalue weighted by molar-refractivity contribution is -0.274. The summed E-state index contributed by atoms with van der Waals surface area (Å²) in [6.07, 6.45) is -4.87. The van der Waals surface area contributed by atoms with Gasteiger partial charge in [-0.2, -0.15) is 0 Å². The molecule has 4 N–H and O–H groups in total. The summed E-state index contributed by atoms with van der Waals surface area (Å²) in [6.45, 7) is 0.00490. The molecule has 2 aromatic rings. The van der Waals surface area contributed by atoms with Gasteiger partial charge in [-0.25, -0.2) is 13.8 Å². The van der Waals surface area contributed by atoms with Crippen molar-refractivity contribution in [1.82, 2.24) is 10.9 Å². The Bertz CT molecular complexity index is 970. The number of anilines is 2. The highest BCUT2D eigenvalue weighted by molar-refractivity contribution is 7.93. The monoisotopic (exact) mass is 430 g/mol. The van der Waals surface area contributed by atoms with E-state index in [1.807, 2.05) is 0 Å². The van der Waals surface area contributed by atoms with Gasteiger partial charge in [0.15, 0.2) is 5.37 Å². The Labute approximate surface area is 164 Å². The maximum absolute atomic E-state index is 12.6. The van der Waals surface area contributed by atoms with Crippen LogP contribution in [0.3, 0.4) is 0 Å². The summed E-state index contributed by atoms with van der Waals surface area (Å²) >= 11 is 0. The zero-order valence-corrected chi connectivity index (χ0v) is 15.5. The summed E-state index contributed by atoms with van der Waals surface area (Å²) < 4.78 is 68.5. The molecule has 0 aromatic heterocycles. The second-order valence-corrected chi connectivity index (χ2v) is 7.93. The Morgan fingerprint density at radius 3 is 2.45 bits per heavy atom. The van der Waals surface area contributed by atoms with Crippen LogP contribution < -0.4 is 25.6 Å². The number of rotatable bonds is 6. The third kappa shape index (κ3) is 5.59. The lowest BCUT2D eigenvalue weighted by atomic mass is 10.1. The second-order valence-electron chi connectivity index (χ2n) is 6.13. The molecule has 1 amide bonds. The lowest BCUT2D eigenvalue weighted by Crippen LogP contribution is -2.45. The first-order valence-corrected chi connectivity index (χ1v) is 9.90. The molecule has 1 aliphatic rings. The fourth-order valence-electron chi connectivity index (χ4n) is 2.74. The molecule has 1 saturated heterocycles. The number of hydrogen-bond donors (Lipinski definition) is 4. The van der Waals surface area contributed by atoms with E-state index in [0.717, 1.165) is 12.1 Å². The third-order valence-corrected chi connectivity index (χ3v) is 5.61. The van der Waals surface area contributed by atoms with E-state index in [9.17, 15) is 26.4 Å². The quantitative estimate of drug-likeness (QED) is 0.559. The zero-order chi connectivity index (χ0) is 21.1. The van der Waals surface area contributed by atoms with Crippen molar-refractivity contribution in [2.24, 2.45) is 5.92 Å². The minimum absolute atomic E-state index is 0.00490. The summed E-state index contributed by atoms with van der Waals surface area (Å²) in [5.74, 6) is -2.23. The summed E-state index contributed by atoms with van der Waals surface area (Å²) in [6, 6.07) is 12.8. The molecule has 2 aromatic carbocycles. The predicted octanol–water partition coefficient (Wildman–Crippen LogP) is 2.02. The molecule has 29 heavy (non-hydrogen) atoms. The molecule has 1 fully saturated rings. The summed E-state index contributed by atoms with van der Waals surface area (Å²) in [4.78, 5) is 12.6. The highest BCUT2D eigenvalue weighted by atomic mass is 32.2. The van der Waals surface area contributed by atoms with Crippen LogP contribution in [0, 0.1) is 5.92 Å². The summed E-state index contributed by atoms with van der Waals surface area (Å²) in [5.41, 5.74) is 5.53. The van der Waals surface area contributed by atoms with E-state index < -0.39 is 39.3 Å². The fraction of sp³-hybridized carbons (Fsp3) is 0.235. The Hall–Kier alpha value is -2.83. The van der Waals surface area contributed by atoms with Crippen LogP contribution in [0.4, 0.5) is 24.5 Å². The molecular formula is C17H17F3N4O4S. The molecule has 0 spiro atoms. The van der Waals surface area contributed by atoms with Crippen molar-refractivity contribution in [1.29, 1.82) is 0 Å². The molecule has 12 heteroatoms. The normalized spacial score (nSPS) is 19.6. The van der Waals surface area contributed by atoms with Crippen molar-refractivity contribution >= 4 is 27.3 Å². The van der Waals surface area contributed by atoms with Crippen molar-refractivity contribution in [2.75, 3.05) is 16.6 Å². The van der Waals surface area contributed by atoms with E-state index in [-0.39, 0.29) is 12.2 Å². The average Bonchev–Trinajstić information content (AvgIpc) is 3.12. The molecule has 8 nitrogen and oxygen atoms in total. The van der Waals surface area contributed by atoms with Gasteiger partial charge < -0.3 is 10.1 Å². The van der Waals surface area contributed by atoms with Crippen LogP contribution in [0.1, 0.15) is 0 Å².